The maximum atomic E-state index is 10.9. The highest BCUT2D eigenvalue weighted by atomic mass is 32.2. The lowest BCUT2D eigenvalue weighted by Crippen LogP contribution is -2.04. The summed E-state index contributed by atoms with van der Waals surface area (Å²) >= 11 is 0. The molecule has 0 aromatic heterocycles. The summed E-state index contributed by atoms with van der Waals surface area (Å²) < 4.78 is 26.3. The van der Waals surface area contributed by atoms with Crippen molar-refractivity contribution in [3.63, 3.8) is 0 Å². The van der Waals surface area contributed by atoms with Crippen LogP contribution in [0.15, 0.2) is 12.1 Å². The summed E-state index contributed by atoms with van der Waals surface area (Å²) in [6.45, 7) is 0.462. The smallest absolute Gasteiger partial charge is 0.336 e. The van der Waals surface area contributed by atoms with E-state index in [1.54, 1.807) is 0 Å². The van der Waals surface area contributed by atoms with E-state index >= 15 is 0 Å². The number of rotatable bonds is 2. The number of fused-ring (bicyclic) bond motifs is 1. The van der Waals surface area contributed by atoms with E-state index in [0.29, 0.717) is 16.7 Å². The molecule has 2 rings (SSSR count). The van der Waals surface area contributed by atoms with Crippen molar-refractivity contribution in [3.05, 3.63) is 34.4 Å². The zero-order chi connectivity index (χ0) is 11.7. The van der Waals surface area contributed by atoms with Crippen molar-refractivity contribution >= 4 is 21.6 Å². The molecule has 0 aliphatic carbocycles. The summed E-state index contributed by atoms with van der Waals surface area (Å²) in [6.07, 6.45) is 0. The van der Waals surface area contributed by atoms with Crippen molar-refractivity contribution in [3.8, 4) is 0 Å². The number of ether oxygens (including phenoxy) is 1. The van der Waals surface area contributed by atoms with E-state index in [-0.39, 0.29) is 18.8 Å². The zero-order valence-corrected chi connectivity index (χ0v) is 8.95. The van der Waals surface area contributed by atoms with Gasteiger partial charge in [0, 0.05) is 0 Å². The Morgan fingerprint density at radius 3 is 2.62 bits per heavy atom. The van der Waals surface area contributed by atoms with Crippen molar-refractivity contribution in [1.29, 1.82) is 0 Å². The third-order valence-electron chi connectivity index (χ3n) is 2.41. The SMILES string of the molecule is O=C(O)c1ccc(C=S(=O)=O)c2c1COC2. The largest absolute Gasteiger partial charge is 0.478 e. The number of carboxylic acid groups (broad SMARTS) is 1. The fourth-order valence-electron chi connectivity index (χ4n) is 1.72. The predicted octanol–water partition coefficient (Wildman–Crippen LogP) is 0.444. The molecule has 1 aliphatic rings. The van der Waals surface area contributed by atoms with Crippen LogP contribution < -0.4 is 0 Å². The minimum atomic E-state index is -2.30. The first kappa shape index (κ1) is 10.8. The Balaban J connectivity index is 2.66. The van der Waals surface area contributed by atoms with Crippen molar-refractivity contribution in [2.75, 3.05) is 0 Å². The Morgan fingerprint density at radius 2 is 2.00 bits per heavy atom. The molecular formula is C10H8O5S. The third kappa shape index (κ3) is 1.84. The third-order valence-corrected chi connectivity index (χ3v) is 2.86. The molecule has 1 aromatic rings. The summed E-state index contributed by atoms with van der Waals surface area (Å²) in [4.78, 5) is 10.9. The molecular weight excluding hydrogens is 232 g/mol. The van der Waals surface area contributed by atoms with Gasteiger partial charge in [-0.1, -0.05) is 6.07 Å². The lowest BCUT2D eigenvalue weighted by atomic mass is 9.99. The second-order valence-corrected chi connectivity index (χ2v) is 4.09. The van der Waals surface area contributed by atoms with Gasteiger partial charge in [0.1, 0.15) is 0 Å². The highest BCUT2D eigenvalue weighted by molar-refractivity contribution is 7.71. The molecule has 1 N–H and O–H groups in total. The molecule has 0 amide bonds. The van der Waals surface area contributed by atoms with Gasteiger partial charge in [-0.3, -0.25) is 0 Å². The molecule has 84 valence electrons. The Kier molecular flexibility index (Phi) is 2.76. The Labute approximate surface area is 92.8 Å². The van der Waals surface area contributed by atoms with Crippen LogP contribution in [-0.2, 0) is 28.2 Å². The van der Waals surface area contributed by atoms with Crippen LogP contribution in [0.1, 0.15) is 27.0 Å². The molecule has 1 aromatic carbocycles. The van der Waals surface area contributed by atoms with Gasteiger partial charge in [0.2, 0.25) is 10.3 Å². The van der Waals surface area contributed by atoms with Crippen LogP contribution in [0.4, 0.5) is 0 Å². The fourth-order valence-corrected chi connectivity index (χ4v) is 2.14. The van der Waals surface area contributed by atoms with Crippen LogP contribution in [0, 0.1) is 0 Å². The first-order valence-corrected chi connectivity index (χ1v) is 5.62. The van der Waals surface area contributed by atoms with E-state index in [0.717, 1.165) is 5.37 Å². The quantitative estimate of drug-likeness (QED) is 0.759. The highest BCUT2D eigenvalue weighted by Gasteiger charge is 2.21. The van der Waals surface area contributed by atoms with E-state index in [2.05, 4.69) is 0 Å². The number of benzene rings is 1. The van der Waals surface area contributed by atoms with Gasteiger partial charge in [-0.25, -0.2) is 4.79 Å². The first-order chi connectivity index (χ1) is 7.59. The van der Waals surface area contributed by atoms with E-state index in [9.17, 15) is 13.2 Å². The van der Waals surface area contributed by atoms with Gasteiger partial charge in [0.15, 0.2) is 0 Å². The predicted molar refractivity (Wildman–Crippen MR) is 56.0 cm³/mol. The molecule has 1 aliphatic heterocycles. The molecule has 0 saturated carbocycles. The molecule has 6 heteroatoms. The maximum absolute atomic E-state index is 10.9. The van der Waals surface area contributed by atoms with E-state index < -0.39 is 16.3 Å². The van der Waals surface area contributed by atoms with Crippen LogP contribution >= 0.6 is 0 Å². The highest BCUT2D eigenvalue weighted by Crippen LogP contribution is 2.26. The maximum Gasteiger partial charge on any atom is 0.336 e. The lowest BCUT2D eigenvalue weighted by molar-refractivity contribution is 0.0692. The van der Waals surface area contributed by atoms with Crippen LogP contribution in [0.25, 0.3) is 0 Å². The summed E-state index contributed by atoms with van der Waals surface area (Å²) in [7, 11) is -2.30. The van der Waals surface area contributed by atoms with Gasteiger partial charge in [-0.15, -0.1) is 0 Å². The molecule has 0 fully saturated rings. The molecule has 0 radical (unpaired) electrons. The summed E-state index contributed by atoms with van der Waals surface area (Å²) in [6, 6.07) is 2.88. The lowest BCUT2D eigenvalue weighted by Gasteiger charge is -2.04. The monoisotopic (exact) mass is 240 g/mol. The molecule has 0 saturated heterocycles. The minimum absolute atomic E-state index is 0.168. The van der Waals surface area contributed by atoms with E-state index in [1.165, 1.54) is 12.1 Å². The number of carboxylic acids is 1. The molecule has 0 bridgehead atoms. The first-order valence-electron chi connectivity index (χ1n) is 4.48. The van der Waals surface area contributed by atoms with Crippen LogP contribution in [0.5, 0.6) is 0 Å². The molecule has 16 heavy (non-hydrogen) atoms. The van der Waals surface area contributed by atoms with Crippen molar-refractivity contribution < 1.29 is 23.1 Å². The fraction of sp³-hybridized carbons (Fsp3) is 0.200. The summed E-state index contributed by atoms with van der Waals surface area (Å²) in [5.74, 6) is -1.03. The number of hydrogen-bond acceptors (Lipinski definition) is 4. The molecule has 1 heterocycles. The summed E-state index contributed by atoms with van der Waals surface area (Å²) in [5, 5.41) is 9.99. The van der Waals surface area contributed by atoms with Gasteiger partial charge in [-0.2, -0.15) is 8.42 Å². The standard InChI is InChI=1S/C10H8O5S/c11-10(12)7-2-1-6(5-16(13)14)8-3-15-4-9(7)8/h1-2,5H,3-4H2,(H,11,12). The van der Waals surface area contributed by atoms with Crippen LogP contribution in [0.2, 0.25) is 0 Å². The van der Waals surface area contributed by atoms with Gasteiger partial charge >= 0.3 is 5.97 Å². The molecule has 0 atom stereocenters. The van der Waals surface area contributed by atoms with Crippen molar-refractivity contribution in [1.82, 2.24) is 0 Å². The van der Waals surface area contributed by atoms with Gasteiger partial charge < -0.3 is 9.84 Å². The minimum Gasteiger partial charge on any atom is -0.478 e. The summed E-state index contributed by atoms with van der Waals surface area (Å²) in [5.41, 5.74) is 1.86. The van der Waals surface area contributed by atoms with E-state index in [4.69, 9.17) is 9.84 Å². The van der Waals surface area contributed by atoms with E-state index in [1.807, 2.05) is 0 Å². The molecule has 0 unspecified atom stereocenters. The molecule has 5 nitrogen and oxygen atoms in total. The van der Waals surface area contributed by atoms with Gasteiger partial charge in [0.25, 0.3) is 0 Å². The Morgan fingerprint density at radius 1 is 1.31 bits per heavy atom. The Bertz CT molecular complexity index is 577. The second-order valence-electron chi connectivity index (χ2n) is 3.34. The van der Waals surface area contributed by atoms with Crippen LogP contribution in [0.3, 0.4) is 0 Å². The average molecular weight is 240 g/mol. The average Bonchev–Trinajstić information content (AvgIpc) is 2.65. The van der Waals surface area contributed by atoms with Crippen LogP contribution in [-0.4, -0.2) is 24.9 Å². The second kappa shape index (κ2) is 4.07. The number of carbonyl (C=O) groups is 1. The topological polar surface area (TPSA) is 80.7 Å². The normalized spacial score (nSPS) is 13.2. The Hall–Kier alpha value is -1.66. The number of hydrogen-bond donors (Lipinski definition) is 1. The molecule has 0 spiro atoms. The van der Waals surface area contributed by atoms with Crippen molar-refractivity contribution in [2.45, 2.75) is 13.2 Å². The van der Waals surface area contributed by atoms with Crippen molar-refractivity contribution in [2.24, 2.45) is 0 Å². The van der Waals surface area contributed by atoms with Gasteiger partial charge in [0.05, 0.1) is 24.1 Å². The number of aromatic carboxylic acids is 1. The zero-order valence-electron chi connectivity index (χ0n) is 8.13. The van der Waals surface area contributed by atoms with Gasteiger partial charge in [-0.05, 0) is 22.8 Å².